The molecule has 1 aromatic heterocycles. The zero-order chi connectivity index (χ0) is 13.6. The van der Waals surface area contributed by atoms with Crippen LogP contribution in [0.3, 0.4) is 0 Å². The third-order valence-electron chi connectivity index (χ3n) is 3.97. The Morgan fingerprint density at radius 3 is 2.90 bits per heavy atom. The Labute approximate surface area is 120 Å². The molecule has 106 valence electrons. The van der Waals surface area contributed by atoms with Gasteiger partial charge in [0.2, 0.25) is 0 Å². The van der Waals surface area contributed by atoms with E-state index < -0.39 is 0 Å². The third-order valence-corrected chi connectivity index (χ3v) is 3.97. The molecule has 1 aromatic carbocycles. The van der Waals surface area contributed by atoms with Crippen molar-refractivity contribution in [1.29, 1.82) is 0 Å². The number of pyridine rings is 1. The first-order valence-corrected chi connectivity index (χ1v) is 7.63. The van der Waals surface area contributed by atoms with Crippen molar-refractivity contribution in [3.63, 3.8) is 0 Å². The Balaban J connectivity index is 1.47. The summed E-state index contributed by atoms with van der Waals surface area (Å²) in [4.78, 5) is 4.40. The fourth-order valence-electron chi connectivity index (χ4n) is 2.87. The largest absolute Gasteiger partial charge is 0.491 e. The van der Waals surface area contributed by atoms with E-state index >= 15 is 0 Å². The van der Waals surface area contributed by atoms with Gasteiger partial charge in [-0.15, -0.1) is 0 Å². The van der Waals surface area contributed by atoms with E-state index in [4.69, 9.17) is 4.74 Å². The van der Waals surface area contributed by atoms with Crippen molar-refractivity contribution in [3.8, 4) is 5.75 Å². The van der Waals surface area contributed by atoms with Gasteiger partial charge in [0, 0.05) is 18.0 Å². The molecular formula is C17H22N2O. The van der Waals surface area contributed by atoms with Gasteiger partial charge in [0.15, 0.2) is 0 Å². The number of ether oxygens (including phenoxy) is 1. The van der Waals surface area contributed by atoms with Gasteiger partial charge >= 0.3 is 0 Å². The minimum Gasteiger partial charge on any atom is -0.491 e. The van der Waals surface area contributed by atoms with Crippen LogP contribution in [0.4, 0.5) is 0 Å². The highest BCUT2D eigenvalue weighted by atomic mass is 16.5. The molecular weight excluding hydrogens is 248 g/mol. The molecule has 0 spiro atoms. The van der Waals surface area contributed by atoms with Crippen LogP contribution >= 0.6 is 0 Å². The molecule has 0 bridgehead atoms. The zero-order valence-corrected chi connectivity index (χ0v) is 11.8. The number of hydrogen-bond donors (Lipinski definition) is 1. The van der Waals surface area contributed by atoms with E-state index in [0.717, 1.165) is 23.2 Å². The molecule has 1 fully saturated rings. The summed E-state index contributed by atoms with van der Waals surface area (Å²) in [6, 6.07) is 10.9. The lowest BCUT2D eigenvalue weighted by atomic mass is 9.96. The molecule has 0 radical (unpaired) electrons. The maximum atomic E-state index is 5.78. The van der Waals surface area contributed by atoms with Crippen LogP contribution in [0.2, 0.25) is 0 Å². The summed E-state index contributed by atoms with van der Waals surface area (Å²) in [5.41, 5.74) is 1.01. The van der Waals surface area contributed by atoms with Crippen molar-refractivity contribution in [2.24, 2.45) is 0 Å². The van der Waals surface area contributed by atoms with Crippen LogP contribution in [-0.4, -0.2) is 24.2 Å². The summed E-state index contributed by atoms with van der Waals surface area (Å²) >= 11 is 0. The second-order valence-corrected chi connectivity index (χ2v) is 5.50. The van der Waals surface area contributed by atoms with E-state index in [1.165, 1.54) is 32.1 Å². The van der Waals surface area contributed by atoms with Crippen LogP contribution < -0.4 is 10.1 Å². The normalized spacial score (nSPS) is 16.4. The monoisotopic (exact) mass is 270 g/mol. The first-order chi connectivity index (χ1) is 9.92. The minimum atomic E-state index is 0.696. The van der Waals surface area contributed by atoms with Crippen molar-refractivity contribution in [1.82, 2.24) is 10.3 Å². The van der Waals surface area contributed by atoms with E-state index in [0.29, 0.717) is 12.6 Å². The standard InChI is InChI=1S/C17H22N2O/c1-2-7-15(8-3-1)18-10-11-20-16-12-14-6-4-5-9-17(14)19-13-16/h4-6,9,12-13,15,18H,1-3,7-8,10-11H2. The van der Waals surface area contributed by atoms with Crippen LogP contribution in [0.1, 0.15) is 32.1 Å². The molecule has 1 N–H and O–H groups in total. The maximum absolute atomic E-state index is 5.78. The summed E-state index contributed by atoms with van der Waals surface area (Å²) in [6.45, 7) is 1.62. The van der Waals surface area contributed by atoms with Gasteiger partial charge in [-0.1, -0.05) is 37.5 Å². The smallest absolute Gasteiger partial charge is 0.138 e. The number of hydrogen-bond acceptors (Lipinski definition) is 3. The second kappa shape index (κ2) is 6.71. The number of nitrogens with one attached hydrogen (secondary N) is 1. The summed E-state index contributed by atoms with van der Waals surface area (Å²) in [6.07, 6.45) is 8.58. The van der Waals surface area contributed by atoms with Gasteiger partial charge in [-0.25, -0.2) is 0 Å². The van der Waals surface area contributed by atoms with E-state index in [1.807, 2.05) is 24.4 Å². The third kappa shape index (κ3) is 3.48. The zero-order valence-electron chi connectivity index (χ0n) is 11.8. The average Bonchev–Trinajstić information content (AvgIpc) is 2.52. The molecule has 3 heteroatoms. The van der Waals surface area contributed by atoms with Gasteiger partial charge in [0.1, 0.15) is 12.4 Å². The first-order valence-electron chi connectivity index (χ1n) is 7.63. The van der Waals surface area contributed by atoms with Gasteiger partial charge in [-0.2, -0.15) is 0 Å². The van der Waals surface area contributed by atoms with Crippen molar-refractivity contribution in [3.05, 3.63) is 36.5 Å². The van der Waals surface area contributed by atoms with Crippen LogP contribution in [0.15, 0.2) is 36.5 Å². The molecule has 2 aromatic rings. The molecule has 0 amide bonds. The molecule has 1 saturated carbocycles. The fourth-order valence-corrected chi connectivity index (χ4v) is 2.87. The van der Waals surface area contributed by atoms with Gasteiger partial charge in [-0.05, 0) is 25.0 Å². The predicted molar refractivity (Wildman–Crippen MR) is 82.1 cm³/mol. The number of nitrogens with zero attached hydrogens (tertiary/aromatic N) is 1. The topological polar surface area (TPSA) is 34.1 Å². The summed E-state index contributed by atoms with van der Waals surface area (Å²) in [5.74, 6) is 0.856. The van der Waals surface area contributed by atoms with E-state index in [2.05, 4.69) is 22.4 Å². The predicted octanol–water partition coefficient (Wildman–Crippen LogP) is 3.54. The Morgan fingerprint density at radius 2 is 2.00 bits per heavy atom. The molecule has 1 aliphatic rings. The Kier molecular flexibility index (Phi) is 4.49. The summed E-state index contributed by atoms with van der Waals surface area (Å²) < 4.78 is 5.78. The highest BCUT2D eigenvalue weighted by Gasteiger charge is 2.11. The lowest BCUT2D eigenvalue weighted by Crippen LogP contribution is -2.34. The number of rotatable bonds is 5. The van der Waals surface area contributed by atoms with Crippen molar-refractivity contribution < 1.29 is 4.74 Å². The van der Waals surface area contributed by atoms with Crippen LogP contribution in [0, 0.1) is 0 Å². The number of fused-ring (bicyclic) bond motifs is 1. The maximum Gasteiger partial charge on any atom is 0.138 e. The van der Waals surface area contributed by atoms with E-state index in [1.54, 1.807) is 0 Å². The lowest BCUT2D eigenvalue weighted by Gasteiger charge is -2.22. The molecule has 3 rings (SSSR count). The van der Waals surface area contributed by atoms with Crippen molar-refractivity contribution in [2.75, 3.05) is 13.2 Å². The SMILES string of the molecule is c1ccc2ncc(OCCNC3CCCCC3)cc2c1. The molecule has 0 atom stereocenters. The van der Waals surface area contributed by atoms with Gasteiger partial charge in [0.05, 0.1) is 11.7 Å². The number of para-hydroxylation sites is 1. The van der Waals surface area contributed by atoms with Crippen LogP contribution in [0.25, 0.3) is 10.9 Å². The molecule has 0 saturated heterocycles. The average molecular weight is 270 g/mol. The van der Waals surface area contributed by atoms with Crippen LogP contribution in [-0.2, 0) is 0 Å². The number of aromatic nitrogens is 1. The molecule has 20 heavy (non-hydrogen) atoms. The lowest BCUT2D eigenvalue weighted by molar-refractivity contribution is 0.289. The van der Waals surface area contributed by atoms with Crippen LogP contribution in [0.5, 0.6) is 5.75 Å². The van der Waals surface area contributed by atoms with Gasteiger partial charge < -0.3 is 10.1 Å². The van der Waals surface area contributed by atoms with Crippen molar-refractivity contribution in [2.45, 2.75) is 38.1 Å². The molecule has 0 unspecified atom stereocenters. The first kappa shape index (κ1) is 13.4. The highest BCUT2D eigenvalue weighted by Crippen LogP contribution is 2.18. The molecule has 1 aliphatic carbocycles. The van der Waals surface area contributed by atoms with Gasteiger partial charge in [0.25, 0.3) is 0 Å². The van der Waals surface area contributed by atoms with Gasteiger partial charge in [-0.3, -0.25) is 4.98 Å². The Morgan fingerprint density at radius 1 is 1.15 bits per heavy atom. The second-order valence-electron chi connectivity index (χ2n) is 5.50. The fraction of sp³-hybridized carbons (Fsp3) is 0.471. The minimum absolute atomic E-state index is 0.696. The molecule has 0 aliphatic heterocycles. The van der Waals surface area contributed by atoms with E-state index in [-0.39, 0.29) is 0 Å². The van der Waals surface area contributed by atoms with E-state index in [9.17, 15) is 0 Å². The molecule has 1 heterocycles. The summed E-state index contributed by atoms with van der Waals surface area (Å²) in [5, 5.41) is 4.71. The number of benzene rings is 1. The Hall–Kier alpha value is -1.61. The Bertz CT molecular complexity index is 549. The van der Waals surface area contributed by atoms with Crippen molar-refractivity contribution >= 4 is 10.9 Å². The highest BCUT2D eigenvalue weighted by molar-refractivity contribution is 5.79. The summed E-state index contributed by atoms with van der Waals surface area (Å²) in [7, 11) is 0. The quantitative estimate of drug-likeness (QED) is 0.844. The molecule has 3 nitrogen and oxygen atoms in total.